The molecule has 25 heavy (non-hydrogen) atoms. The normalized spacial score (nSPS) is 12.6. The lowest BCUT2D eigenvalue weighted by atomic mass is 9.96. The van der Waals surface area contributed by atoms with Gasteiger partial charge in [-0.3, -0.25) is 0 Å². The fourth-order valence-electron chi connectivity index (χ4n) is 3.69. The quantitative estimate of drug-likeness (QED) is 0.217. The van der Waals surface area contributed by atoms with Crippen LogP contribution in [0, 0.1) is 5.92 Å². The highest BCUT2D eigenvalue weighted by Crippen LogP contribution is 2.17. The first-order valence-electron chi connectivity index (χ1n) is 11.6. The van der Waals surface area contributed by atoms with Crippen LogP contribution in [0.2, 0.25) is 0 Å². The molecule has 0 aromatic carbocycles. The summed E-state index contributed by atoms with van der Waals surface area (Å²) >= 11 is 0. The van der Waals surface area contributed by atoms with Crippen LogP contribution in [0.1, 0.15) is 129 Å². The molecule has 0 aliphatic rings. The molecule has 1 atom stereocenters. The van der Waals surface area contributed by atoms with Crippen molar-refractivity contribution in [3.8, 4) is 0 Å². The summed E-state index contributed by atoms with van der Waals surface area (Å²) in [5.41, 5.74) is 0. The molecule has 0 saturated carbocycles. The van der Waals surface area contributed by atoms with Gasteiger partial charge in [0.2, 0.25) is 0 Å². The molecule has 0 fully saturated rings. The number of aliphatic hydroxyl groups is 2. The van der Waals surface area contributed by atoms with E-state index in [0.29, 0.717) is 12.5 Å². The summed E-state index contributed by atoms with van der Waals surface area (Å²) in [5.74, 6) is 0.416. The Bertz CT molecular complexity index is 230. The van der Waals surface area contributed by atoms with Gasteiger partial charge in [-0.15, -0.1) is 0 Å². The first-order chi connectivity index (χ1) is 12.3. The molecule has 2 N–H and O–H groups in total. The molecule has 0 radical (unpaired) electrons. The molecule has 0 bridgehead atoms. The van der Waals surface area contributed by atoms with E-state index < -0.39 is 0 Å². The maximum Gasteiger partial charge on any atom is 0.0459 e. The van der Waals surface area contributed by atoms with Crippen LogP contribution in [-0.4, -0.2) is 23.4 Å². The predicted molar refractivity (Wildman–Crippen MR) is 111 cm³/mol. The standard InChI is InChI=1S/C23H48O2/c1-2-3-4-5-6-7-8-9-10-11-12-13-14-15-16-17-19-23(22-25)20-18-21-24/h23-25H,2-22H2,1H3. The second-order valence-electron chi connectivity index (χ2n) is 8.01. The summed E-state index contributed by atoms with van der Waals surface area (Å²) in [5, 5.41) is 18.1. The van der Waals surface area contributed by atoms with Gasteiger partial charge in [0.1, 0.15) is 0 Å². The SMILES string of the molecule is CCCCCCCCCCCCCCCCCCC(CO)CCCO. The minimum Gasteiger partial charge on any atom is -0.396 e. The first-order valence-corrected chi connectivity index (χ1v) is 11.6. The summed E-state index contributed by atoms with van der Waals surface area (Å²) in [6.07, 6.45) is 25.4. The zero-order chi connectivity index (χ0) is 18.4. The second-order valence-corrected chi connectivity index (χ2v) is 8.01. The Balaban J connectivity index is 3.11. The molecule has 0 amide bonds. The number of aliphatic hydroxyl groups excluding tert-OH is 2. The molecule has 0 aliphatic carbocycles. The Hall–Kier alpha value is -0.0800. The van der Waals surface area contributed by atoms with E-state index >= 15 is 0 Å². The Kier molecular flexibility index (Phi) is 21.9. The van der Waals surface area contributed by atoms with E-state index in [9.17, 15) is 5.11 Å². The summed E-state index contributed by atoms with van der Waals surface area (Å²) in [4.78, 5) is 0. The number of rotatable bonds is 21. The Morgan fingerprint density at radius 3 is 1.20 bits per heavy atom. The van der Waals surface area contributed by atoms with Crippen LogP contribution >= 0.6 is 0 Å². The number of hydrogen-bond donors (Lipinski definition) is 2. The molecule has 0 saturated heterocycles. The lowest BCUT2D eigenvalue weighted by Crippen LogP contribution is -2.06. The van der Waals surface area contributed by atoms with E-state index in [1.807, 2.05) is 0 Å². The van der Waals surface area contributed by atoms with Gasteiger partial charge in [-0.1, -0.05) is 110 Å². The zero-order valence-electron chi connectivity index (χ0n) is 17.3. The van der Waals surface area contributed by atoms with Crippen LogP contribution in [0.3, 0.4) is 0 Å². The fourth-order valence-corrected chi connectivity index (χ4v) is 3.69. The molecule has 0 aromatic rings. The molecule has 1 unspecified atom stereocenters. The van der Waals surface area contributed by atoms with Crippen LogP contribution in [-0.2, 0) is 0 Å². The van der Waals surface area contributed by atoms with Gasteiger partial charge in [0, 0.05) is 13.2 Å². The molecule has 0 aliphatic heterocycles. The maximum atomic E-state index is 9.30. The van der Waals surface area contributed by atoms with Gasteiger partial charge in [0.25, 0.3) is 0 Å². The summed E-state index contributed by atoms with van der Waals surface area (Å²) in [6.45, 7) is 2.84. The smallest absolute Gasteiger partial charge is 0.0459 e. The van der Waals surface area contributed by atoms with Gasteiger partial charge in [-0.2, -0.15) is 0 Å². The molecule has 2 heteroatoms. The van der Waals surface area contributed by atoms with Crippen molar-refractivity contribution < 1.29 is 10.2 Å². The van der Waals surface area contributed by atoms with Crippen LogP contribution in [0.4, 0.5) is 0 Å². The monoisotopic (exact) mass is 356 g/mol. The summed E-state index contributed by atoms with van der Waals surface area (Å²) in [7, 11) is 0. The highest BCUT2D eigenvalue weighted by atomic mass is 16.3. The van der Waals surface area contributed by atoms with Crippen molar-refractivity contribution in [2.24, 2.45) is 5.92 Å². The third kappa shape index (κ3) is 20.1. The van der Waals surface area contributed by atoms with Gasteiger partial charge in [0.15, 0.2) is 0 Å². The van der Waals surface area contributed by atoms with E-state index in [2.05, 4.69) is 6.92 Å². The van der Waals surface area contributed by atoms with Crippen molar-refractivity contribution in [1.82, 2.24) is 0 Å². The molecule has 0 rings (SSSR count). The van der Waals surface area contributed by atoms with Crippen molar-refractivity contribution in [3.05, 3.63) is 0 Å². The minimum atomic E-state index is 0.259. The van der Waals surface area contributed by atoms with Gasteiger partial charge in [0.05, 0.1) is 0 Å². The van der Waals surface area contributed by atoms with Gasteiger partial charge in [-0.25, -0.2) is 0 Å². The van der Waals surface area contributed by atoms with E-state index in [-0.39, 0.29) is 6.61 Å². The molecular formula is C23H48O2. The van der Waals surface area contributed by atoms with Crippen molar-refractivity contribution >= 4 is 0 Å². The first kappa shape index (κ1) is 24.9. The van der Waals surface area contributed by atoms with Crippen molar-refractivity contribution in [1.29, 1.82) is 0 Å². The third-order valence-corrected chi connectivity index (χ3v) is 5.49. The Labute approximate surface area is 158 Å². The van der Waals surface area contributed by atoms with Gasteiger partial charge in [-0.05, 0) is 25.2 Å². The highest BCUT2D eigenvalue weighted by molar-refractivity contribution is 4.58. The molecule has 0 spiro atoms. The molecule has 2 nitrogen and oxygen atoms in total. The van der Waals surface area contributed by atoms with Crippen LogP contribution in [0.25, 0.3) is 0 Å². The largest absolute Gasteiger partial charge is 0.396 e. The second kappa shape index (κ2) is 22.0. The molecule has 0 heterocycles. The molecule has 0 aromatic heterocycles. The number of hydrogen-bond acceptors (Lipinski definition) is 2. The topological polar surface area (TPSA) is 40.5 Å². The average molecular weight is 357 g/mol. The zero-order valence-corrected chi connectivity index (χ0v) is 17.3. The van der Waals surface area contributed by atoms with E-state index in [4.69, 9.17) is 5.11 Å². The average Bonchev–Trinajstić information content (AvgIpc) is 2.63. The predicted octanol–water partition coefficient (Wildman–Crippen LogP) is 7.02. The minimum absolute atomic E-state index is 0.259. The summed E-state index contributed by atoms with van der Waals surface area (Å²) in [6, 6.07) is 0. The Morgan fingerprint density at radius 2 is 0.840 bits per heavy atom. The summed E-state index contributed by atoms with van der Waals surface area (Å²) < 4.78 is 0. The highest BCUT2D eigenvalue weighted by Gasteiger charge is 2.06. The van der Waals surface area contributed by atoms with Gasteiger partial charge < -0.3 is 10.2 Å². The molecule has 152 valence electrons. The third-order valence-electron chi connectivity index (χ3n) is 5.49. The van der Waals surface area contributed by atoms with Crippen LogP contribution in [0.5, 0.6) is 0 Å². The van der Waals surface area contributed by atoms with Crippen LogP contribution in [0.15, 0.2) is 0 Å². The lowest BCUT2D eigenvalue weighted by molar-refractivity contribution is 0.191. The van der Waals surface area contributed by atoms with Crippen molar-refractivity contribution in [3.63, 3.8) is 0 Å². The van der Waals surface area contributed by atoms with Crippen molar-refractivity contribution in [2.75, 3.05) is 13.2 Å². The molecular weight excluding hydrogens is 308 g/mol. The Morgan fingerprint density at radius 1 is 0.480 bits per heavy atom. The van der Waals surface area contributed by atoms with E-state index in [0.717, 1.165) is 19.3 Å². The van der Waals surface area contributed by atoms with E-state index in [1.54, 1.807) is 0 Å². The maximum absolute atomic E-state index is 9.30. The number of unbranched alkanes of at least 4 members (excludes halogenated alkanes) is 15. The fraction of sp³-hybridized carbons (Fsp3) is 1.00. The van der Waals surface area contributed by atoms with E-state index in [1.165, 1.54) is 103 Å². The van der Waals surface area contributed by atoms with Crippen LogP contribution < -0.4 is 0 Å². The lowest BCUT2D eigenvalue weighted by Gasteiger charge is -2.12. The van der Waals surface area contributed by atoms with Gasteiger partial charge >= 0.3 is 0 Å². The van der Waals surface area contributed by atoms with Crippen molar-refractivity contribution in [2.45, 2.75) is 129 Å².